The maximum atomic E-state index is 10.3. The largest absolute Gasteiger partial charge is 0.478 e. The van der Waals surface area contributed by atoms with Crippen molar-refractivity contribution in [1.29, 1.82) is 0 Å². The molecule has 2 N–H and O–H groups in total. The zero-order valence-electron chi connectivity index (χ0n) is 8.88. The van der Waals surface area contributed by atoms with Gasteiger partial charge in [0.25, 0.3) is 0 Å². The summed E-state index contributed by atoms with van der Waals surface area (Å²) in [5, 5.41) is 16.8. The van der Waals surface area contributed by atoms with Crippen LogP contribution in [0, 0.1) is 11.8 Å². The summed E-state index contributed by atoms with van der Waals surface area (Å²) in [6, 6.07) is 0. The van der Waals surface area contributed by atoms with E-state index in [-0.39, 0.29) is 11.8 Å². The Kier molecular flexibility index (Phi) is 6.09. The maximum Gasteiger partial charge on any atom is 0.327 e. The molecule has 2 atom stereocenters. The molecule has 15 heavy (non-hydrogen) atoms. The van der Waals surface area contributed by atoms with Crippen LogP contribution in [0.4, 0.5) is 0 Å². The average Bonchev–Trinajstić information content (AvgIpc) is 2.13. The van der Waals surface area contributed by atoms with Crippen molar-refractivity contribution in [3.05, 3.63) is 24.3 Å². The lowest BCUT2D eigenvalue weighted by molar-refractivity contribution is -0.132. The Labute approximate surface area is 88.9 Å². The molecule has 0 heterocycles. The average molecular weight is 212 g/mol. The van der Waals surface area contributed by atoms with Crippen LogP contribution in [0.25, 0.3) is 0 Å². The molecule has 0 aromatic heterocycles. The van der Waals surface area contributed by atoms with Crippen LogP contribution in [0.2, 0.25) is 0 Å². The Morgan fingerprint density at radius 3 is 2.13 bits per heavy atom. The molecule has 0 radical (unpaired) electrons. The van der Waals surface area contributed by atoms with Crippen molar-refractivity contribution >= 4 is 11.9 Å². The number of carboxylic acids is 2. The van der Waals surface area contributed by atoms with E-state index in [9.17, 15) is 9.59 Å². The third-order valence-electron chi connectivity index (χ3n) is 2.21. The number of aliphatic carboxylic acids is 2. The van der Waals surface area contributed by atoms with Gasteiger partial charge in [-0.25, -0.2) is 9.59 Å². The fraction of sp³-hybridized carbons (Fsp3) is 0.455. The van der Waals surface area contributed by atoms with E-state index in [0.717, 1.165) is 12.2 Å². The fourth-order valence-electron chi connectivity index (χ4n) is 1.02. The summed E-state index contributed by atoms with van der Waals surface area (Å²) in [7, 11) is 0. The molecule has 0 aliphatic heterocycles. The van der Waals surface area contributed by atoms with Crippen LogP contribution in [0.5, 0.6) is 0 Å². The first-order valence-electron chi connectivity index (χ1n) is 4.74. The summed E-state index contributed by atoms with van der Waals surface area (Å²) in [6.07, 6.45) is 6.03. The lowest BCUT2D eigenvalue weighted by Crippen LogP contribution is -2.05. The van der Waals surface area contributed by atoms with Crippen molar-refractivity contribution < 1.29 is 19.8 Å². The number of carboxylic acid groups (broad SMARTS) is 2. The first kappa shape index (κ1) is 13.4. The molecule has 0 spiro atoms. The van der Waals surface area contributed by atoms with Gasteiger partial charge in [-0.2, -0.15) is 0 Å². The van der Waals surface area contributed by atoms with Gasteiger partial charge in [-0.15, -0.1) is 0 Å². The number of hydrogen-bond donors (Lipinski definition) is 2. The van der Waals surface area contributed by atoms with E-state index in [1.54, 1.807) is 12.2 Å². The van der Waals surface area contributed by atoms with Gasteiger partial charge in [-0.3, -0.25) is 0 Å². The highest BCUT2D eigenvalue weighted by atomic mass is 16.4. The van der Waals surface area contributed by atoms with Gasteiger partial charge in [0, 0.05) is 12.2 Å². The molecule has 0 fully saturated rings. The summed E-state index contributed by atoms with van der Waals surface area (Å²) in [6.45, 7) is 3.85. The second-order valence-corrected chi connectivity index (χ2v) is 3.51. The normalized spacial score (nSPS) is 15.6. The van der Waals surface area contributed by atoms with Crippen LogP contribution in [-0.4, -0.2) is 22.2 Å². The van der Waals surface area contributed by atoms with E-state index in [0.29, 0.717) is 6.42 Å². The highest BCUT2D eigenvalue weighted by molar-refractivity contribution is 5.80. The molecule has 0 saturated heterocycles. The van der Waals surface area contributed by atoms with Gasteiger partial charge in [-0.1, -0.05) is 26.0 Å². The second kappa shape index (κ2) is 6.81. The molecule has 2 unspecified atom stereocenters. The van der Waals surface area contributed by atoms with Crippen LogP contribution in [0.1, 0.15) is 20.3 Å². The Morgan fingerprint density at radius 1 is 1.13 bits per heavy atom. The van der Waals surface area contributed by atoms with Crippen LogP contribution in [0.3, 0.4) is 0 Å². The monoisotopic (exact) mass is 212 g/mol. The fourth-order valence-corrected chi connectivity index (χ4v) is 1.02. The van der Waals surface area contributed by atoms with E-state index in [4.69, 9.17) is 10.2 Å². The van der Waals surface area contributed by atoms with E-state index in [1.807, 2.05) is 13.8 Å². The minimum Gasteiger partial charge on any atom is -0.478 e. The molecule has 0 aliphatic rings. The van der Waals surface area contributed by atoms with E-state index < -0.39 is 11.9 Å². The predicted molar refractivity (Wildman–Crippen MR) is 56.5 cm³/mol. The molecular weight excluding hydrogens is 196 g/mol. The number of allylic oxidation sites excluding steroid dienone is 2. The Balaban J connectivity index is 4.04. The van der Waals surface area contributed by atoms with E-state index in [2.05, 4.69) is 0 Å². The standard InChI is InChI=1S/C11H16O4/c1-8(4-3-5-10(12)13)9(2)6-7-11(14)15/h3,5-9H,4H2,1-2H3,(H,12,13)(H,14,15). The second-order valence-electron chi connectivity index (χ2n) is 3.51. The number of rotatable bonds is 6. The topological polar surface area (TPSA) is 74.6 Å². The quantitative estimate of drug-likeness (QED) is 0.660. The van der Waals surface area contributed by atoms with Crippen molar-refractivity contribution in [2.24, 2.45) is 11.8 Å². The molecule has 0 bridgehead atoms. The highest BCUT2D eigenvalue weighted by Crippen LogP contribution is 2.16. The van der Waals surface area contributed by atoms with Crippen molar-refractivity contribution in [3.63, 3.8) is 0 Å². The van der Waals surface area contributed by atoms with Gasteiger partial charge in [0.15, 0.2) is 0 Å². The van der Waals surface area contributed by atoms with Crippen LogP contribution in [-0.2, 0) is 9.59 Å². The summed E-state index contributed by atoms with van der Waals surface area (Å²) in [5.74, 6) is -1.60. The minimum atomic E-state index is -0.963. The first-order valence-corrected chi connectivity index (χ1v) is 4.74. The highest BCUT2D eigenvalue weighted by Gasteiger charge is 2.07. The molecule has 84 valence electrons. The zero-order chi connectivity index (χ0) is 11.8. The van der Waals surface area contributed by atoms with Gasteiger partial charge < -0.3 is 10.2 Å². The van der Waals surface area contributed by atoms with Crippen LogP contribution < -0.4 is 0 Å². The number of hydrogen-bond acceptors (Lipinski definition) is 2. The molecule has 0 amide bonds. The van der Waals surface area contributed by atoms with Crippen molar-refractivity contribution in [2.45, 2.75) is 20.3 Å². The SMILES string of the molecule is CC(C=CC(=O)O)C(C)CC=CC(=O)O. The van der Waals surface area contributed by atoms with Crippen LogP contribution >= 0.6 is 0 Å². The van der Waals surface area contributed by atoms with Gasteiger partial charge >= 0.3 is 11.9 Å². The third-order valence-corrected chi connectivity index (χ3v) is 2.21. The smallest absolute Gasteiger partial charge is 0.327 e. The third kappa shape index (κ3) is 7.49. The molecule has 0 aromatic carbocycles. The molecule has 0 aliphatic carbocycles. The molecule has 0 rings (SSSR count). The minimum absolute atomic E-state index is 0.111. The predicted octanol–water partition coefficient (Wildman–Crippen LogP) is 1.93. The number of carbonyl (C=O) groups is 2. The summed E-state index contributed by atoms with van der Waals surface area (Å²) < 4.78 is 0. The molecule has 4 heteroatoms. The van der Waals surface area contributed by atoms with Gasteiger partial charge in [0.2, 0.25) is 0 Å². The lowest BCUT2D eigenvalue weighted by atomic mass is 9.92. The molecule has 0 saturated carbocycles. The molecule has 0 aromatic rings. The summed E-state index contributed by atoms with van der Waals surface area (Å²) >= 11 is 0. The Morgan fingerprint density at radius 2 is 1.67 bits per heavy atom. The van der Waals surface area contributed by atoms with Crippen LogP contribution in [0.15, 0.2) is 24.3 Å². The Hall–Kier alpha value is -1.58. The summed E-state index contributed by atoms with van der Waals surface area (Å²) in [4.78, 5) is 20.4. The molecular formula is C11H16O4. The van der Waals surface area contributed by atoms with Crippen molar-refractivity contribution in [2.75, 3.05) is 0 Å². The van der Waals surface area contributed by atoms with Crippen molar-refractivity contribution in [1.82, 2.24) is 0 Å². The summed E-state index contributed by atoms with van der Waals surface area (Å²) in [5.41, 5.74) is 0. The van der Waals surface area contributed by atoms with Gasteiger partial charge in [-0.05, 0) is 18.3 Å². The zero-order valence-corrected chi connectivity index (χ0v) is 8.88. The maximum absolute atomic E-state index is 10.3. The van der Waals surface area contributed by atoms with E-state index >= 15 is 0 Å². The Bertz CT molecular complexity index is 278. The first-order chi connectivity index (χ1) is 6.93. The van der Waals surface area contributed by atoms with Gasteiger partial charge in [0.05, 0.1) is 0 Å². The van der Waals surface area contributed by atoms with E-state index in [1.165, 1.54) is 0 Å². The lowest BCUT2D eigenvalue weighted by Gasteiger charge is -2.13. The van der Waals surface area contributed by atoms with Gasteiger partial charge in [0.1, 0.15) is 0 Å². The van der Waals surface area contributed by atoms with Crippen molar-refractivity contribution in [3.8, 4) is 0 Å². The molecule has 4 nitrogen and oxygen atoms in total.